The van der Waals surface area contributed by atoms with Gasteiger partial charge in [-0.15, -0.1) is 0 Å². The Kier molecular flexibility index (Phi) is 9.46. The van der Waals surface area contributed by atoms with Crippen LogP contribution >= 0.6 is 0 Å². The molecule has 1 heterocycles. The molecule has 26 heavy (non-hydrogen) atoms. The van der Waals surface area contributed by atoms with Crippen molar-refractivity contribution in [2.45, 2.75) is 40.2 Å². The zero-order valence-electron chi connectivity index (χ0n) is 16.0. The highest BCUT2D eigenvalue weighted by molar-refractivity contribution is 6.08. The summed E-state index contributed by atoms with van der Waals surface area (Å²) in [4.78, 5) is 17.1. The summed E-state index contributed by atoms with van der Waals surface area (Å²) in [6, 6.07) is 4.12. The van der Waals surface area contributed by atoms with Crippen LogP contribution in [-0.4, -0.2) is 35.1 Å². The molecule has 0 bridgehead atoms. The second-order valence-corrected chi connectivity index (χ2v) is 6.05. The predicted octanol–water partition coefficient (Wildman–Crippen LogP) is 3.77. The van der Waals surface area contributed by atoms with Crippen LogP contribution in [-0.2, 0) is 4.79 Å². The number of carbonyl (C=O) groups excluding carboxylic acids is 1. The molecule has 1 aromatic rings. The van der Waals surface area contributed by atoms with Gasteiger partial charge in [0.15, 0.2) is 0 Å². The van der Waals surface area contributed by atoms with Crippen molar-refractivity contribution < 1.29 is 4.79 Å². The molecule has 0 fully saturated rings. The van der Waals surface area contributed by atoms with Gasteiger partial charge in [-0.05, 0) is 45.4 Å². The Morgan fingerprint density at radius 2 is 2.15 bits per heavy atom. The topological polar surface area (TPSA) is 81.1 Å². The maximum Gasteiger partial charge on any atom is 0.213 e. The first-order chi connectivity index (χ1) is 12.5. The Hall–Kier alpha value is -2.89. The van der Waals surface area contributed by atoms with Gasteiger partial charge in [0.1, 0.15) is 5.82 Å². The lowest BCUT2D eigenvalue weighted by molar-refractivity contribution is -0.115. The molecule has 0 spiro atoms. The van der Waals surface area contributed by atoms with Crippen molar-refractivity contribution in [3.05, 3.63) is 54.1 Å². The lowest BCUT2D eigenvalue weighted by Gasteiger charge is -2.13. The quantitative estimate of drug-likeness (QED) is 0.321. The summed E-state index contributed by atoms with van der Waals surface area (Å²) in [5.74, 6) is 0.803. The third-order valence-electron chi connectivity index (χ3n) is 3.35. The summed E-state index contributed by atoms with van der Waals surface area (Å²) in [5.41, 5.74) is 2.29. The first-order valence-corrected chi connectivity index (χ1v) is 8.79. The van der Waals surface area contributed by atoms with Crippen molar-refractivity contribution in [3.8, 4) is 0 Å². The number of anilines is 1. The largest absolute Gasteiger partial charge is 0.368 e. The molecule has 0 aromatic carbocycles. The van der Waals surface area contributed by atoms with E-state index in [2.05, 4.69) is 29.5 Å². The first kappa shape index (κ1) is 21.2. The number of hydrogen-bond donors (Lipinski definition) is 3. The number of amides is 1. The smallest absolute Gasteiger partial charge is 0.213 e. The molecule has 0 aliphatic heterocycles. The average molecular weight is 355 g/mol. The van der Waals surface area contributed by atoms with Crippen molar-refractivity contribution in [1.29, 1.82) is 5.41 Å². The van der Waals surface area contributed by atoms with Gasteiger partial charge in [-0.3, -0.25) is 4.79 Å². The lowest BCUT2D eigenvalue weighted by atomic mass is 10.1. The van der Waals surface area contributed by atoms with Crippen LogP contribution in [0.25, 0.3) is 5.57 Å². The zero-order valence-corrected chi connectivity index (χ0v) is 16.0. The predicted molar refractivity (Wildman–Crippen MR) is 109 cm³/mol. The van der Waals surface area contributed by atoms with Crippen LogP contribution in [0.4, 0.5) is 5.82 Å². The van der Waals surface area contributed by atoms with E-state index < -0.39 is 0 Å². The van der Waals surface area contributed by atoms with E-state index in [9.17, 15) is 4.79 Å². The summed E-state index contributed by atoms with van der Waals surface area (Å²) in [5, 5.41) is 14.1. The van der Waals surface area contributed by atoms with E-state index in [0.29, 0.717) is 18.2 Å². The van der Waals surface area contributed by atoms with E-state index in [1.54, 1.807) is 23.5 Å². The third kappa shape index (κ3) is 7.34. The maximum absolute atomic E-state index is 11.1. The molecule has 1 aromatic heterocycles. The minimum Gasteiger partial charge on any atom is -0.368 e. The van der Waals surface area contributed by atoms with Crippen molar-refractivity contribution in [2.75, 3.05) is 11.9 Å². The van der Waals surface area contributed by atoms with Gasteiger partial charge in [0.25, 0.3) is 0 Å². The minimum atomic E-state index is 0.310. The summed E-state index contributed by atoms with van der Waals surface area (Å²) in [6.07, 6.45) is 11.9. The monoisotopic (exact) mass is 355 g/mol. The molecule has 0 saturated heterocycles. The number of rotatable bonds is 11. The van der Waals surface area contributed by atoms with Gasteiger partial charge in [-0.2, -0.15) is 0 Å². The van der Waals surface area contributed by atoms with E-state index in [1.807, 2.05) is 38.1 Å². The van der Waals surface area contributed by atoms with Gasteiger partial charge < -0.3 is 20.9 Å². The van der Waals surface area contributed by atoms with E-state index >= 15 is 0 Å². The average Bonchev–Trinajstić information content (AvgIpc) is 2.62. The van der Waals surface area contributed by atoms with Crippen LogP contribution < -0.4 is 10.6 Å². The molecule has 1 rings (SSSR count). The van der Waals surface area contributed by atoms with Gasteiger partial charge in [0.05, 0.1) is 5.70 Å². The number of hydrogen-bond acceptors (Lipinski definition) is 5. The van der Waals surface area contributed by atoms with Gasteiger partial charge in [-0.1, -0.05) is 13.0 Å². The zero-order chi connectivity index (χ0) is 19.4. The number of carbonyl (C=O) groups is 1. The number of allylic oxidation sites excluding steroid dienone is 3. The number of aromatic nitrogens is 1. The highest BCUT2D eigenvalue weighted by Crippen LogP contribution is 2.14. The molecular weight excluding hydrogens is 326 g/mol. The number of nitrogens with zero attached hydrogens (tertiary/aromatic N) is 2. The molecule has 0 unspecified atom stereocenters. The Morgan fingerprint density at radius 1 is 1.38 bits per heavy atom. The molecule has 1 amide bonds. The van der Waals surface area contributed by atoms with Crippen LogP contribution in [0.5, 0.6) is 0 Å². The molecule has 140 valence electrons. The molecule has 0 saturated carbocycles. The molecule has 6 heteroatoms. The van der Waals surface area contributed by atoms with Crippen LogP contribution in [0.15, 0.2) is 48.6 Å². The fourth-order valence-corrected chi connectivity index (χ4v) is 2.21. The van der Waals surface area contributed by atoms with E-state index in [-0.39, 0.29) is 0 Å². The fraction of sp³-hybridized carbons (Fsp3) is 0.350. The molecule has 3 N–H and O–H groups in total. The molecule has 0 aliphatic rings. The maximum atomic E-state index is 11.1. The van der Waals surface area contributed by atoms with Crippen molar-refractivity contribution >= 4 is 24.0 Å². The highest BCUT2D eigenvalue weighted by Gasteiger charge is 2.03. The van der Waals surface area contributed by atoms with Gasteiger partial charge in [-0.25, -0.2) is 4.98 Å². The van der Waals surface area contributed by atoms with Gasteiger partial charge in [0, 0.05) is 48.5 Å². The van der Waals surface area contributed by atoms with Crippen LogP contribution in [0, 0.1) is 5.41 Å². The molecular formula is C20H29N5O. The SMILES string of the molecule is C/C=C\C(=C/N(C=O)CCC)N/C=C(\C=N)c1ccc(NC(C)C)nc1. The molecule has 0 aliphatic carbocycles. The van der Waals surface area contributed by atoms with Crippen molar-refractivity contribution in [1.82, 2.24) is 15.2 Å². The van der Waals surface area contributed by atoms with Crippen molar-refractivity contribution in [3.63, 3.8) is 0 Å². The number of pyridine rings is 1. The summed E-state index contributed by atoms with van der Waals surface area (Å²) in [7, 11) is 0. The van der Waals surface area contributed by atoms with Crippen LogP contribution in [0.2, 0.25) is 0 Å². The normalized spacial score (nSPS) is 12.3. The second kappa shape index (κ2) is 11.6. The standard InChI is InChI=1S/C20H29N5O/c1-5-7-19(14-25(15-26)10-6-2)22-13-18(11-21)17-8-9-20(23-12-17)24-16(3)4/h5,7-9,11-16,21-22H,6,10H2,1-4H3,(H,23,24)/b7-5-,18-13+,19-14+,21-11?. The summed E-state index contributed by atoms with van der Waals surface area (Å²) >= 11 is 0. The number of nitrogens with one attached hydrogen (secondary N) is 3. The van der Waals surface area contributed by atoms with Crippen LogP contribution in [0.1, 0.15) is 39.7 Å². The second-order valence-electron chi connectivity index (χ2n) is 6.05. The molecule has 6 nitrogen and oxygen atoms in total. The molecule has 0 atom stereocenters. The van der Waals surface area contributed by atoms with E-state index in [1.165, 1.54) is 6.21 Å². The van der Waals surface area contributed by atoms with Gasteiger partial charge in [0.2, 0.25) is 6.41 Å². The molecule has 0 radical (unpaired) electrons. The third-order valence-corrected chi connectivity index (χ3v) is 3.35. The Bertz CT molecular complexity index is 659. The van der Waals surface area contributed by atoms with E-state index in [4.69, 9.17) is 5.41 Å². The fourth-order valence-electron chi connectivity index (χ4n) is 2.21. The Morgan fingerprint density at radius 3 is 2.65 bits per heavy atom. The van der Waals surface area contributed by atoms with Gasteiger partial charge >= 0.3 is 0 Å². The first-order valence-electron chi connectivity index (χ1n) is 8.79. The summed E-state index contributed by atoms with van der Waals surface area (Å²) < 4.78 is 0. The van der Waals surface area contributed by atoms with E-state index in [0.717, 1.165) is 29.9 Å². The van der Waals surface area contributed by atoms with Crippen LogP contribution in [0.3, 0.4) is 0 Å². The van der Waals surface area contributed by atoms with Crippen molar-refractivity contribution in [2.24, 2.45) is 0 Å². The minimum absolute atomic E-state index is 0.310. The lowest BCUT2D eigenvalue weighted by Crippen LogP contribution is -2.18. The summed E-state index contributed by atoms with van der Waals surface area (Å²) in [6.45, 7) is 8.69. The Balaban J connectivity index is 2.96. The Labute approximate surface area is 156 Å². The highest BCUT2D eigenvalue weighted by atomic mass is 16.1.